The molecule has 0 fully saturated rings. The zero-order valence-corrected chi connectivity index (χ0v) is 13.8. The molecule has 0 saturated carbocycles. The predicted octanol–water partition coefficient (Wildman–Crippen LogP) is 2.84. The fourth-order valence-electron chi connectivity index (χ4n) is 2.41. The molecule has 1 aromatic rings. The summed E-state index contributed by atoms with van der Waals surface area (Å²) in [6.45, 7) is 4.43. The van der Waals surface area contributed by atoms with Crippen LogP contribution in [0, 0.1) is 0 Å². The maximum Gasteiger partial charge on any atom is 0.307 e. The van der Waals surface area contributed by atoms with Gasteiger partial charge in [0.1, 0.15) is 6.29 Å². The number of hydrogen-bond donors (Lipinski definition) is 1. The molecule has 0 aliphatic rings. The van der Waals surface area contributed by atoms with E-state index < -0.39 is 0 Å². The summed E-state index contributed by atoms with van der Waals surface area (Å²) in [5, 5.41) is 2.69. The molecule has 1 amide bonds. The van der Waals surface area contributed by atoms with E-state index in [-0.39, 0.29) is 30.8 Å². The van der Waals surface area contributed by atoms with Gasteiger partial charge in [0.25, 0.3) is 5.91 Å². The van der Waals surface area contributed by atoms with Crippen molar-refractivity contribution >= 4 is 18.2 Å². The predicted molar refractivity (Wildman–Crippen MR) is 88.4 cm³/mol. The number of nitrogens with one attached hydrogen (secondary N) is 1. The third-order valence-corrected chi connectivity index (χ3v) is 3.58. The average Bonchev–Trinajstić information content (AvgIpc) is 2.55. The SMILES string of the molecule is CCCC(CC=O)c1ccc(C(=O)NCCC(=O)OCC)cc1. The summed E-state index contributed by atoms with van der Waals surface area (Å²) in [6, 6.07) is 7.29. The minimum absolute atomic E-state index is 0.162. The molecule has 0 aromatic heterocycles. The molecule has 23 heavy (non-hydrogen) atoms. The van der Waals surface area contributed by atoms with Crippen LogP contribution in [0.25, 0.3) is 0 Å². The third kappa shape index (κ3) is 6.63. The van der Waals surface area contributed by atoms with E-state index in [4.69, 9.17) is 4.74 Å². The second-order valence-electron chi connectivity index (χ2n) is 5.32. The Bertz CT molecular complexity index is 510. The van der Waals surface area contributed by atoms with Gasteiger partial charge in [0, 0.05) is 18.5 Å². The maximum absolute atomic E-state index is 12.0. The van der Waals surface area contributed by atoms with E-state index in [1.165, 1.54) is 0 Å². The molecule has 1 aromatic carbocycles. The number of ether oxygens (including phenoxy) is 1. The van der Waals surface area contributed by atoms with Gasteiger partial charge in [-0.1, -0.05) is 25.5 Å². The molecule has 5 nitrogen and oxygen atoms in total. The van der Waals surface area contributed by atoms with E-state index in [0.717, 1.165) is 24.7 Å². The molecule has 1 atom stereocenters. The molecule has 0 saturated heterocycles. The summed E-state index contributed by atoms with van der Waals surface area (Å²) in [6.07, 6.45) is 3.56. The lowest BCUT2D eigenvalue weighted by atomic mass is 9.91. The van der Waals surface area contributed by atoms with Crippen LogP contribution in [0.1, 0.15) is 61.4 Å². The Balaban J connectivity index is 2.56. The van der Waals surface area contributed by atoms with Crippen molar-refractivity contribution < 1.29 is 19.1 Å². The summed E-state index contributed by atoms with van der Waals surface area (Å²) < 4.78 is 4.80. The first-order valence-corrected chi connectivity index (χ1v) is 8.09. The first kappa shape index (κ1) is 18.9. The Morgan fingerprint density at radius 3 is 2.48 bits per heavy atom. The van der Waals surface area contributed by atoms with Crippen molar-refractivity contribution in [3.63, 3.8) is 0 Å². The van der Waals surface area contributed by atoms with Crippen molar-refractivity contribution in [2.45, 2.75) is 45.4 Å². The number of amides is 1. The Morgan fingerprint density at radius 1 is 1.22 bits per heavy atom. The Kier molecular flexibility index (Phi) is 8.65. The molecule has 0 bridgehead atoms. The number of rotatable bonds is 10. The Labute approximate surface area is 137 Å². The van der Waals surface area contributed by atoms with E-state index in [0.29, 0.717) is 18.6 Å². The van der Waals surface area contributed by atoms with Crippen LogP contribution in [-0.4, -0.2) is 31.3 Å². The molecule has 0 heterocycles. The molecule has 1 N–H and O–H groups in total. The van der Waals surface area contributed by atoms with Crippen LogP contribution in [-0.2, 0) is 14.3 Å². The van der Waals surface area contributed by atoms with Gasteiger partial charge < -0.3 is 14.8 Å². The Morgan fingerprint density at radius 2 is 1.91 bits per heavy atom. The van der Waals surface area contributed by atoms with Gasteiger partial charge in [0.15, 0.2) is 0 Å². The standard InChI is InChI=1S/C18H25NO4/c1-3-5-14(11-13-20)15-6-8-16(9-7-15)18(22)19-12-10-17(21)23-4-2/h6-9,13-14H,3-5,10-12H2,1-2H3,(H,19,22). The molecular formula is C18H25NO4. The number of carbonyl (C=O) groups excluding carboxylic acids is 3. The molecule has 0 spiro atoms. The summed E-state index contributed by atoms with van der Waals surface area (Å²) in [4.78, 5) is 34.0. The van der Waals surface area contributed by atoms with E-state index in [1.54, 1.807) is 19.1 Å². The second-order valence-corrected chi connectivity index (χ2v) is 5.32. The minimum Gasteiger partial charge on any atom is -0.466 e. The van der Waals surface area contributed by atoms with Gasteiger partial charge in [-0.25, -0.2) is 0 Å². The van der Waals surface area contributed by atoms with Crippen LogP contribution >= 0.6 is 0 Å². The van der Waals surface area contributed by atoms with Crippen LogP contribution in [0.3, 0.4) is 0 Å². The van der Waals surface area contributed by atoms with Gasteiger partial charge >= 0.3 is 5.97 Å². The zero-order chi connectivity index (χ0) is 17.1. The molecule has 126 valence electrons. The minimum atomic E-state index is -0.320. The number of aldehydes is 1. The summed E-state index contributed by atoms with van der Waals surface area (Å²) in [7, 11) is 0. The van der Waals surface area contributed by atoms with Crippen LogP contribution in [0.15, 0.2) is 24.3 Å². The lowest BCUT2D eigenvalue weighted by molar-refractivity contribution is -0.142. The molecule has 0 radical (unpaired) electrons. The number of carbonyl (C=O) groups is 3. The van der Waals surface area contributed by atoms with E-state index in [1.807, 2.05) is 12.1 Å². The van der Waals surface area contributed by atoms with Crippen LogP contribution < -0.4 is 5.32 Å². The molecule has 0 aliphatic carbocycles. The normalized spacial score (nSPS) is 11.6. The van der Waals surface area contributed by atoms with Gasteiger partial charge in [-0.2, -0.15) is 0 Å². The van der Waals surface area contributed by atoms with Crippen molar-refractivity contribution in [3.8, 4) is 0 Å². The topological polar surface area (TPSA) is 72.5 Å². The van der Waals surface area contributed by atoms with E-state index in [2.05, 4.69) is 12.2 Å². The van der Waals surface area contributed by atoms with E-state index in [9.17, 15) is 14.4 Å². The van der Waals surface area contributed by atoms with Gasteiger partial charge in [-0.15, -0.1) is 0 Å². The van der Waals surface area contributed by atoms with Crippen molar-refractivity contribution in [1.82, 2.24) is 5.32 Å². The fraction of sp³-hybridized carbons (Fsp3) is 0.500. The summed E-state index contributed by atoms with van der Waals surface area (Å²) in [5.41, 5.74) is 1.61. The lowest BCUT2D eigenvalue weighted by Crippen LogP contribution is -2.26. The summed E-state index contributed by atoms with van der Waals surface area (Å²) >= 11 is 0. The van der Waals surface area contributed by atoms with Gasteiger partial charge in [0.2, 0.25) is 0 Å². The first-order chi connectivity index (χ1) is 11.1. The zero-order valence-electron chi connectivity index (χ0n) is 13.8. The highest BCUT2D eigenvalue weighted by molar-refractivity contribution is 5.94. The smallest absolute Gasteiger partial charge is 0.307 e. The van der Waals surface area contributed by atoms with Crippen LogP contribution in [0.2, 0.25) is 0 Å². The van der Waals surface area contributed by atoms with Gasteiger partial charge in [0.05, 0.1) is 13.0 Å². The fourth-order valence-corrected chi connectivity index (χ4v) is 2.41. The van der Waals surface area contributed by atoms with Gasteiger partial charge in [-0.3, -0.25) is 9.59 Å². The Hall–Kier alpha value is -2.17. The quantitative estimate of drug-likeness (QED) is 0.532. The van der Waals surface area contributed by atoms with Crippen molar-refractivity contribution in [2.75, 3.05) is 13.2 Å². The molecular weight excluding hydrogens is 294 g/mol. The van der Waals surface area contributed by atoms with Crippen molar-refractivity contribution in [1.29, 1.82) is 0 Å². The summed E-state index contributed by atoms with van der Waals surface area (Å²) in [5.74, 6) is -0.332. The third-order valence-electron chi connectivity index (χ3n) is 3.58. The van der Waals surface area contributed by atoms with Crippen molar-refractivity contribution in [3.05, 3.63) is 35.4 Å². The van der Waals surface area contributed by atoms with Crippen molar-refractivity contribution in [2.24, 2.45) is 0 Å². The highest BCUT2D eigenvalue weighted by atomic mass is 16.5. The largest absolute Gasteiger partial charge is 0.466 e. The molecule has 1 unspecified atom stereocenters. The maximum atomic E-state index is 12.0. The number of hydrogen-bond acceptors (Lipinski definition) is 4. The van der Waals surface area contributed by atoms with E-state index >= 15 is 0 Å². The van der Waals surface area contributed by atoms with Crippen LogP contribution in [0.4, 0.5) is 0 Å². The average molecular weight is 319 g/mol. The number of benzene rings is 1. The first-order valence-electron chi connectivity index (χ1n) is 8.09. The lowest BCUT2D eigenvalue weighted by Gasteiger charge is -2.14. The molecule has 5 heteroatoms. The molecule has 0 aliphatic heterocycles. The number of esters is 1. The second kappa shape index (κ2) is 10.5. The highest BCUT2D eigenvalue weighted by Gasteiger charge is 2.12. The molecule has 1 rings (SSSR count). The monoisotopic (exact) mass is 319 g/mol. The van der Waals surface area contributed by atoms with Gasteiger partial charge in [-0.05, 0) is 37.0 Å². The van der Waals surface area contributed by atoms with Crippen LogP contribution in [0.5, 0.6) is 0 Å². The highest BCUT2D eigenvalue weighted by Crippen LogP contribution is 2.24.